The fourth-order valence-electron chi connectivity index (χ4n) is 3.67. The van der Waals surface area contributed by atoms with Crippen LogP contribution in [0.15, 0.2) is 72.8 Å². The summed E-state index contributed by atoms with van der Waals surface area (Å²) in [6, 6.07) is 23.3. The molecule has 0 aliphatic heterocycles. The van der Waals surface area contributed by atoms with E-state index in [1.165, 1.54) is 7.11 Å². The molecule has 1 aromatic heterocycles. The molecule has 6 nitrogen and oxygen atoms in total. The van der Waals surface area contributed by atoms with Crippen LogP contribution in [0.2, 0.25) is 0 Å². The van der Waals surface area contributed by atoms with Gasteiger partial charge in [-0.2, -0.15) is 0 Å². The van der Waals surface area contributed by atoms with Crippen LogP contribution in [0.25, 0.3) is 10.9 Å². The number of aromatic nitrogens is 1. The Labute approximate surface area is 199 Å². The predicted molar refractivity (Wildman–Crippen MR) is 131 cm³/mol. The molecule has 0 atom stereocenters. The van der Waals surface area contributed by atoms with Crippen molar-refractivity contribution in [3.8, 4) is 17.2 Å². The summed E-state index contributed by atoms with van der Waals surface area (Å²) in [5, 5.41) is 1.10. The molecule has 34 heavy (non-hydrogen) atoms. The normalized spacial score (nSPS) is 10.7. The van der Waals surface area contributed by atoms with Gasteiger partial charge >= 0.3 is 5.97 Å². The Morgan fingerprint density at radius 1 is 0.882 bits per heavy atom. The number of hydrogen-bond donors (Lipinski definition) is 0. The van der Waals surface area contributed by atoms with E-state index in [1.54, 1.807) is 19.1 Å². The van der Waals surface area contributed by atoms with Gasteiger partial charge in [0, 0.05) is 11.5 Å². The lowest BCUT2D eigenvalue weighted by molar-refractivity contribution is 0.0521. The zero-order valence-electron chi connectivity index (χ0n) is 19.5. The Hall–Kier alpha value is -4.06. The van der Waals surface area contributed by atoms with Gasteiger partial charge in [0.2, 0.25) is 0 Å². The van der Waals surface area contributed by atoms with Crippen LogP contribution < -0.4 is 14.2 Å². The molecule has 0 spiro atoms. The molecule has 0 unspecified atom stereocenters. The van der Waals surface area contributed by atoms with E-state index in [4.69, 9.17) is 18.9 Å². The van der Waals surface area contributed by atoms with Crippen molar-refractivity contribution in [3.63, 3.8) is 0 Å². The van der Waals surface area contributed by atoms with Gasteiger partial charge in [-0.15, -0.1) is 0 Å². The Morgan fingerprint density at radius 3 is 2.53 bits per heavy atom. The van der Waals surface area contributed by atoms with E-state index in [9.17, 15) is 4.79 Å². The second-order valence-electron chi connectivity index (χ2n) is 7.76. The SMILES string of the molecule is CCOC(=O)c1c(C)cc(OCc2cccc(OCc3ccc4ccccc4n3)c2)cc1OC. The summed E-state index contributed by atoms with van der Waals surface area (Å²) in [4.78, 5) is 16.9. The minimum atomic E-state index is -0.408. The highest BCUT2D eigenvalue weighted by Crippen LogP contribution is 2.30. The molecule has 0 radical (unpaired) electrons. The third kappa shape index (κ3) is 5.46. The highest BCUT2D eigenvalue weighted by Gasteiger charge is 2.18. The van der Waals surface area contributed by atoms with Crippen molar-refractivity contribution in [2.75, 3.05) is 13.7 Å². The standard InChI is InChI=1S/C28H27NO5/c1-4-32-28(30)27-19(2)14-24(16-26(27)31-3)33-17-20-8-7-10-23(15-20)34-18-22-13-12-21-9-5-6-11-25(21)29-22/h5-16H,4,17-18H2,1-3H3. The van der Waals surface area contributed by atoms with E-state index >= 15 is 0 Å². The van der Waals surface area contributed by atoms with Crippen molar-refractivity contribution in [3.05, 3.63) is 95.2 Å². The number of para-hydroxylation sites is 1. The molecule has 4 aromatic rings. The highest BCUT2D eigenvalue weighted by atomic mass is 16.5. The maximum absolute atomic E-state index is 12.2. The Morgan fingerprint density at radius 2 is 1.71 bits per heavy atom. The van der Waals surface area contributed by atoms with Crippen LogP contribution in [0.5, 0.6) is 17.2 Å². The molecule has 1 heterocycles. The number of nitrogens with zero attached hydrogens (tertiary/aromatic N) is 1. The summed E-state index contributed by atoms with van der Waals surface area (Å²) < 4.78 is 22.5. The maximum atomic E-state index is 12.2. The molecule has 174 valence electrons. The van der Waals surface area contributed by atoms with Gasteiger partial charge in [-0.25, -0.2) is 9.78 Å². The van der Waals surface area contributed by atoms with E-state index in [0.29, 0.717) is 36.9 Å². The van der Waals surface area contributed by atoms with Crippen molar-refractivity contribution >= 4 is 16.9 Å². The van der Waals surface area contributed by atoms with E-state index < -0.39 is 5.97 Å². The minimum absolute atomic E-state index is 0.301. The smallest absolute Gasteiger partial charge is 0.342 e. The summed E-state index contributed by atoms with van der Waals surface area (Å²) in [6.45, 7) is 4.62. The van der Waals surface area contributed by atoms with Crippen LogP contribution in [0.1, 0.15) is 34.1 Å². The van der Waals surface area contributed by atoms with Crippen molar-refractivity contribution in [1.29, 1.82) is 0 Å². The third-order valence-electron chi connectivity index (χ3n) is 5.32. The average Bonchev–Trinajstić information content (AvgIpc) is 2.86. The van der Waals surface area contributed by atoms with Gasteiger partial charge in [0.25, 0.3) is 0 Å². The largest absolute Gasteiger partial charge is 0.496 e. The van der Waals surface area contributed by atoms with Crippen molar-refractivity contribution in [2.45, 2.75) is 27.1 Å². The molecule has 0 amide bonds. The summed E-state index contributed by atoms with van der Waals surface area (Å²) in [5.74, 6) is 1.36. The van der Waals surface area contributed by atoms with E-state index in [2.05, 4.69) is 11.1 Å². The first-order valence-corrected chi connectivity index (χ1v) is 11.1. The first-order chi connectivity index (χ1) is 16.6. The lowest BCUT2D eigenvalue weighted by Crippen LogP contribution is -2.09. The van der Waals surface area contributed by atoms with Gasteiger partial charge in [0.15, 0.2) is 0 Å². The number of hydrogen-bond acceptors (Lipinski definition) is 6. The van der Waals surface area contributed by atoms with Crippen LogP contribution in [0, 0.1) is 6.92 Å². The highest BCUT2D eigenvalue weighted by molar-refractivity contribution is 5.94. The quantitative estimate of drug-likeness (QED) is 0.292. The second kappa shape index (κ2) is 10.7. The number of carbonyl (C=O) groups excluding carboxylic acids is 1. The number of aryl methyl sites for hydroxylation is 1. The lowest BCUT2D eigenvalue weighted by Gasteiger charge is -2.14. The molecule has 0 saturated heterocycles. The molecule has 0 aliphatic carbocycles. The second-order valence-corrected chi connectivity index (χ2v) is 7.76. The van der Waals surface area contributed by atoms with Gasteiger partial charge in [0.05, 0.1) is 24.9 Å². The zero-order chi connectivity index (χ0) is 23.9. The van der Waals surface area contributed by atoms with Gasteiger partial charge < -0.3 is 18.9 Å². The molecule has 0 bridgehead atoms. The molecular weight excluding hydrogens is 430 g/mol. The number of benzene rings is 3. The first kappa shape index (κ1) is 23.1. The number of rotatable bonds is 9. The minimum Gasteiger partial charge on any atom is -0.496 e. The van der Waals surface area contributed by atoms with Gasteiger partial charge in [-0.3, -0.25) is 0 Å². The van der Waals surface area contributed by atoms with Gasteiger partial charge in [-0.1, -0.05) is 36.4 Å². The fourth-order valence-corrected chi connectivity index (χ4v) is 3.67. The summed E-state index contributed by atoms with van der Waals surface area (Å²) >= 11 is 0. The summed E-state index contributed by atoms with van der Waals surface area (Å²) in [6.07, 6.45) is 0. The van der Waals surface area contributed by atoms with Crippen LogP contribution >= 0.6 is 0 Å². The number of fused-ring (bicyclic) bond motifs is 1. The Bertz CT molecular complexity index is 1300. The van der Waals surface area contributed by atoms with Crippen LogP contribution in [-0.2, 0) is 18.0 Å². The number of ether oxygens (including phenoxy) is 4. The molecule has 0 saturated carbocycles. The number of pyridine rings is 1. The van der Waals surface area contributed by atoms with Crippen molar-refractivity contribution in [2.24, 2.45) is 0 Å². The molecule has 3 aromatic carbocycles. The Kier molecular flexibility index (Phi) is 7.28. The van der Waals surface area contributed by atoms with Crippen molar-refractivity contribution < 1.29 is 23.7 Å². The van der Waals surface area contributed by atoms with Crippen LogP contribution in [0.4, 0.5) is 0 Å². The molecule has 0 aliphatic rings. The zero-order valence-corrected chi connectivity index (χ0v) is 19.5. The fraction of sp³-hybridized carbons (Fsp3) is 0.214. The van der Waals surface area contributed by atoms with Crippen LogP contribution in [0.3, 0.4) is 0 Å². The number of esters is 1. The van der Waals surface area contributed by atoms with E-state index in [-0.39, 0.29) is 0 Å². The van der Waals surface area contributed by atoms with E-state index in [0.717, 1.165) is 33.5 Å². The van der Waals surface area contributed by atoms with Gasteiger partial charge in [-0.05, 0) is 55.3 Å². The topological polar surface area (TPSA) is 66.9 Å². The van der Waals surface area contributed by atoms with Crippen LogP contribution in [-0.4, -0.2) is 24.7 Å². The maximum Gasteiger partial charge on any atom is 0.342 e. The van der Waals surface area contributed by atoms with E-state index in [1.807, 2.05) is 61.5 Å². The number of methoxy groups -OCH3 is 1. The summed E-state index contributed by atoms with van der Waals surface area (Å²) in [5.41, 5.74) is 3.91. The molecule has 4 rings (SSSR count). The lowest BCUT2D eigenvalue weighted by atomic mass is 10.1. The predicted octanol–water partition coefficient (Wildman–Crippen LogP) is 5.89. The molecule has 0 N–H and O–H groups in total. The molecule has 0 fully saturated rings. The summed E-state index contributed by atoms with van der Waals surface area (Å²) in [7, 11) is 1.52. The van der Waals surface area contributed by atoms with Crippen molar-refractivity contribution in [1.82, 2.24) is 4.98 Å². The number of carbonyl (C=O) groups is 1. The monoisotopic (exact) mass is 457 g/mol. The van der Waals surface area contributed by atoms with Gasteiger partial charge in [0.1, 0.15) is 36.0 Å². The third-order valence-corrected chi connectivity index (χ3v) is 5.32. The average molecular weight is 458 g/mol. The molecular formula is C28H27NO5. The Balaban J connectivity index is 1.41. The molecule has 6 heteroatoms. The first-order valence-electron chi connectivity index (χ1n) is 11.1.